The molecule has 0 amide bonds. The first-order chi connectivity index (χ1) is 11.1. The van der Waals surface area contributed by atoms with Gasteiger partial charge in [-0.3, -0.25) is 15.1 Å². The summed E-state index contributed by atoms with van der Waals surface area (Å²) >= 11 is 0. The van der Waals surface area contributed by atoms with Crippen LogP contribution in [-0.2, 0) is 0 Å². The van der Waals surface area contributed by atoms with Gasteiger partial charge in [0.1, 0.15) is 0 Å². The molecule has 0 saturated heterocycles. The zero-order chi connectivity index (χ0) is 16.4. The second kappa shape index (κ2) is 5.88. The number of anilines is 1. The van der Waals surface area contributed by atoms with Crippen molar-refractivity contribution < 1.29 is 4.92 Å². The highest BCUT2D eigenvalue weighted by Gasteiger charge is 2.13. The van der Waals surface area contributed by atoms with Crippen molar-refractivity contribution in [1.29, 1.82) is 0 Å². The summed E-state index contributed by atoms with van der Waals surface area (Å²) in [7, 11) is 0. The number of nitrogens with zero attached hydrogens (tertiary/aromatic N) is 2. The highest BCUT2D eigenvalue weighted by atomic mass is 16.6. The molecule has 0 atom stereocenters. The summed E-state index contributed by atoms with van der Waals surface area (Å²) in [6.07, 6.45) is 0. The number of nitrogens with two attached hydrogens (primary N) is 1. The van der Waals surface area contributed by atoms with Crippen molar-refractivity contribution in [2.24, 2.45) is 0 Å². The molecule has 2 N–H and O–H groups in total. The third-order valence-corrected chi connectivity index (χ3v) is 3.69. The van der Waals surface area contributed by atoms with E-state index in [-0.39, 0.29) is 5.69 Å². The van der Waals surface area contributed by atoms with Gasteiger partial charge in [-0.25, -0.2) is 0 Å². The van der Waals surface area contributed by atoms with Gasteiger partial charge >= 0.3 is 0 Å². The Kier molecular flexibility index (Phi) is 3.76. The van der Waals surface area contributed by atoms with Crippen molar-refractivity contribution >= 4 is 11.4 Å². The predicted octanol–water partition coefficient (Wildman–Crippen LogP) is 4.21. The lowest BCUT2D eigenvalue weighted by Gasteiger charge is -2.11. The minimum atomic E-state index is -0.411. The zero-order valence-corrected chi connectivity index (χ0v) is 12.6. The van der Waals surface area contributed by atoms with Gasteiger partial charge in [-0.05, 0) is 18.6 Å². The quantitative estimate of drug-likeness (QED) is 0.580. The van der Waals surface area contributed by atoms with Crippen molar-refractivity contribution in [1.82, 2.24) is 4.98 Å². The van der Waals surface area contributed by atoms with Crippen LogP contribution in [0.1, 0.15) is 5.69 Å². The van der Waals surface area contributed by atoms with E-state index >= 15 is 0 Å². The molecule has 114 valence electrons. The molecule has 1 heterocycles. The number of aryl methyl sites for hydroxylation is 1. The Morgan fingerprint density at radius 1 is 1.00 bits per heavy atom. The molecular formula is C18H15N3O2. The summed E-state index contributed by atoms with van der Waals surface area (Å²) in [5.41, 5.74) is 10.7. The van der Waals surface area contributed by atoms with Crippen LogP contribution in [0.4, 0.5) is 11.4 Å². The van der Waals surface area contributed by atoms with E-state index in [2.05, 4.69) is 4.98 Å². The normalized spacial score (nSPS) is 10.5. The first kappa shape index (κ1) is 14.7. The van der Waals surface area contributed by atoms with E-state index < -0.39 is 4.92 Å². The highest BCUT2D eigenvalue weighted by molar-refractivity contribution is 5.82. The van der Waals surface area contributed by atoms with Crippen molar-refractivity contribution in [2.45, 2.75) is 6.92 Å². The molecule has 1 aromatic heterocycles. The van der Waals surface area contributed by atoms with Crippen molar-refractivity contribution in [3.05, 3.63) is 76.5 Å². The molecule has 0 spiro atoms. The van der Waals surface area contributed by atoms with Gasteiger partial charge < -0.3 is 5.73 Å². The number of rotatable bonds is 3. The lowest BCUT2D eigenvalue weighted by Crippen LogP contribution is -1.99. The van der Waals surface area contributed by atoms with Crippen molar-refractivity contribution in [3.63, 3.8) is 0 Å². The van der Waals surface area contributed by atoms with Gasteiger partial charge in [0.05, 0.1) is 22.0 Å². The maximum absolute atomic E-state index is 11.0. The molecular weight excluding hydrogens is 290 g/mol. The summed E-state index contributed by atoms with van der Waals surface area (Å²) in [5.74, 6) is 0. The van der Waals surface area contributed by atoms with Crippen LogP contribution in [0.25, 0.3) is 22.4 Å². The van der Waals surface area contributed by atoms with Gasteiger partial charge in [0.25, 0.3) is 5.69 Å². The Morgan fingerprint density at radius 2 is 1.70 bits per heavy atom. The van der Waals surface area contributed by atoms with Crippen LogP contribution in [0.5, 0.6) is 0 Å². The molecule has 0 aliphatic carbocycles. The van der Waals surface area contributed by atoms with Crippen molar-refractivity contribution in [2.75, 3.05) is 5.73 Å². The Morgan fingerprint density at radius 3 is 2.39 bits per heavy atom. The first-order valence-corrected chi connectivity index (χ1v) is 7.13. The van der Waals surface area contributed by atoms with Gasteiger partial charge in [-0.15, -0.1) is 0 Å². The molecule has 0 bridgehead atoms. The SMILES string of the molecule is Cc1nc(-c2ccccc2)cc(-c2cccc([N+](=O)[O-])c2)c1N. The van der Waals surface area contributed by atoms with Gasteiger partial charge in [-0.1, -0.05) is 42.5 Å². The van der Waals surface area contributed by atoms with Gasteiger partial charge in [0.15, 0.2) is 0 Å². The van der Waals surface area contributed by atoms with Gasteiger partial charge in [0, 0.05) is 23.3 Å². The minimum absolute atomic E-state index is 0.0395. The van der Waals surface area contributed by atoms with Gasteiger partial charge in [-0.2, -0.15) is 0 Å². The fraction of sp³-hybridized carbons (Fsp3) is 0.0556. The van der Waals surface area contributed by atoms with E-state index in [9.17, 15) is 10.1 Å². The molecule has 3 rings (SSSR count). The van der Waals surface area contributed by atoms with E-state index in [4.69, 9.17) is 5.73 Å². The number of aromatic nitrogens is 1. The Hall–Kier alpha value is -3.21. The largest absolute Gasteiger partial charge is 0.397 e. The summed E-state index contributed by atoms with van der Waals surface area (Å²) in [5, 5.41) is 11.0. The topological polar surface area (TPSA) is 82.0 Å². The molecule has 5 heteroatoms. The second-order valence-corrected chi connectivity index (χ2v) is 5.23. The second-order valence-electron chi connectivity index (χ2n) is 5.23. The summed E-state index contributed by atoms with van der Waals surface area (Å²) in [6, 6.07) is 18.1. The van der Waals surface area contributed by atoms with Crippen LogP contribution in [0.15, 0.2) is 60.7 Å². The molecule has 0 saturated carbocycles. The number of benzene rings is 2. The van der Waals surface area contributed by atoms with Crippen LogP contribution in [0.3, 0.4) is 0 Å². The Bertz CT molecular complexity index is 877. The van der Waals surface area contributed by atoms with E-state index in [1.54, 1.807) is 6.07 Å². The number of nitro benzene ring substituents is 1. The molecule has 0 aliphatic rings. The van der Waals surface area contributed by atoms with Crippen LogP contribution in [0, 0.1) is 17.0 Å². The van der Waals surface area contributed by atoms with E-state index in [1.807, 2.05) is 49.4 Å². The number of nitro groups is 1. The maximum Gasteiger partial charge on any atom is 0.270 e. The average Bonchev–Trinajstić information content (AvgIpc) is 2.58. The first-order valence-electron chi connectivity index (χ1n) is 7.13. The maximum atomic E-state index is 11.0. The molecule has 0 aliphatic heterocycles. The average molecular weight is 305 g/mol. The number of non-ortho nitro benzene ring substituents is 1. The Labute approximate surface area is 133 Å². The lowest BCUT2D eigenvalue weighted by molar-refractivity contribution is -0.384. The monoisotopic (exact) mass is 305 g/mol. The Balaban J connectivity index is 2.18. The summed E-state index contributed by atoms with van der Waals surface area (Å²) < 4.78 is 0. The third kappa shape index (κ3) is 2.89. The van der Waals surface area contributed by atoms with Crippen LogP contribution in [0.2, 0.25) is 0 Å². The van der Waals surface area contributed by atoms with Crippen LogP contribution < -0.4 is 5.73 Å². The fourth-order valence-electron chi connectivity index (χ4n) is 2.47. The van der Waals surface area contributed by atoms with E-state index in [1.165, 1.54) is 12.1 Å². The number of hydrogen-bond acceptors (Lipinski definition) is 4. The summed E-state index contributed by atoms with van der Waals surface area (Å²) in [4.78, 5) is 15.1. The lowest BCUT2D eigenvalue weighted by atomic mass is 10.00. The van der Waals surface area contributed by atoms with Crippen LogP contribution >= 0.6 is 0 Å². The third-order valence-electron chi connectivity index (χ3n) is 3.69. The standard InChI is InChI=1S/C18H15N3O2/c1-12-18(19)16(14-8-5-9-15(10-14)21(22)23)11-17(20-12)13-6-3-2-4-7-13/h2-11H,19H2,1H3. The number of nitrogen functional groups attached to an aromatic ring is 1. The minimum Gasteiger partial charge on any atom is -0.397 e. The smallest absolute Gasteiger partial charge is 0.270 e. The molecule has 3 aromatic rings. The molecule has 5 nitrogen and oxygen atoms in total. The van der Waals surface area contributed by atoms with Gasteiger partial charge in [0.2, 0.25) is 0 Å². The van der Waals surface area contributed by atoms with Crippen molar-refractivity contribution in [3.8, 4) is 22.4 Å². The zero-order valence-electron chi connectivity index (χ0n) is 12.6. The van der Waals surface area contributed by atoms with Crippen LogP contribution in [-0.4, -0.2) is 9.91 Å². The molecule has 0 fully saturated rings. The number of pyridine rings is 1. The molecule has 23 heavy (non-hydrogen) atoms. The summed E-state index contributed by atoms with van der Waals surface area (Å²) in [6.45, 7) is 1.84. The number of hydrogen-bond donors (Lipinski definition) is 1. The molecule has 2 aromatic carbocycles. The molecule has 0 radical (unpaired) electrons. The highest BCUT2D eigenvalue weighted by Crippen LogP contribution is 2.33. The molecule has 0 unspecified atom stereocenters. The fourth-order valence-corrected chi connectivity index (χ4v) is 2.47. The van der Waals surface area contributed by atoms with E-state index in [0.29, 0.717) is 16.9 Å². The predicted molar refractivity (Wildman–Crippen MR) is 90.9 cm³/mol. The van der Waals surface area contributed by atoms with E-state index in [0.717, 1.165) is 16.8 Å².